The van der Waals surface area contributed by atoms with Crippen molar-refractivity contribution in [3.63, 3.8) is 0 Å². The topological polar surface area (TPSA) is 46.5 Å². The highest BCUT2D eigenvalue weighted by Gasteiger charge is 2.34. The Labute approximate surface area is 127 Å². The van der Waals surface area contributed by atoms with Crippen LogP contribution in [0.2, 0.25) is 0 Å². The molecule has 0 saturated heterocycles. The smallest absolute Gasteiger partial charge is 0.419 e. The Bertz CT molecular complexity index is 445. The lowest BCUT2D eigenvalue weighted by Gasteiger charge is -2.15. The number of hydrogen-bond acceptors (Lipinski definition) is 2. The molecule has 0 spiro atoms. The number of halogens is 4. The van der Waals surface area contributed by atoms with Crippen LogP contribution in [0.25, 0.3) is 0 Å². The molecule has 7 heteroatoms. The molecule has 1 atom stereocenters. The fraction of sp³-hybridized carbons (Fsp3) is 0.533. The van der Waals surface area contributed by atoms with Gasteiger partial charge < -0.3 is 9.84 Å². The van der Waals surface area contributed by atoms with E-state index in [-0.39, 0.29) is 12.2 Å². The van der Waals surface area contributed by atoms with Crippen LogP contribution in [0.5, 0.6) is 5.75 Å². The van der Waals surface area contributed by atoms with E-state index in [1.165, 1.54) is 6.92 Å². The second-order valence-electron chi connectivity index (χ2n) is 3.49. The Morgan fingerprint density at radius 1 is 1.23 bits per heavy atom. The molecule has 22 heavy (non-hydrogen) atoms. The Kier molecular flexibility index (Phi) is 11.1. The van der Waals surface area contributed by atoms with Crippen molar-refractivity contribution in [2.45, 2.75) is 53.3 Å². The second-order valence-corrected chi connectivity index (χ2v) is 3.49. The molecule has 1 aromatic carbocycles. The Morgan fingerprint density at radius 3 is 2.09 bits per heavy atom. The van der Waals surface area contributed by atoms with Crippen LogP contribution in [0.4, 0.5) is 17.6 Å². The standard InChI is InChI=1S/C11H10F4O3.2C2H6/c1-2-9(10(16)17)18-6-3-4-8(12)7(5-6)11(13,14)15;2*1-2/h3-5,9H,2H2,1H3,(H,16,17);2*1-2H3. The summed E-state index contributed by atoms with van der Waals surface area (Å²) in [6, 6.07) is 1.99. The summed E-state index contributed by atoms with van der Waals surface area (Å²) in [6.07, 6.45) is -6.04. The number of carboxylic acid groups (broad SMARTS) is 1. The van der Waals surface area contributed by atoms with Gasteiger partial charge in [0.15, 0.2) is 6.10 Å². The first kappa shape index (κ1) is 22.5. The summed E-state index contributed by atoms with van der Waals surface area (Å²) in [5.41, 5.74) is -1.49. The maximum Gasteiger partial charge on any atom is 0.419 e. The minimum Gasteiger partial charge on any atom is -0.479 e. The maximum atomic E-state index is 13.0. The first-order chi connectivity index (χ1) is 10.3. The van der Waals surface area contributed by atoms with E-state index in [0.29, 0.717) is 12.1 Å². The first-order valence-electron chi connectivity index (χ1n) is 7.02. The molecule has 0 saturated carbocycles. The van der Waals surface area contributed by atoms with Crippen LogP contribution in [0.15, 0.2) is 18.2 Å². The van der Waals surface area contributed by atoms with Crippen molar-refractivity contribution in [2.75, 3.05) is 0 Å². The van der Waals surface area contributed by atoms with Crippen molar-refractivity contribution in [1.29, 1.82) is 0 Å². The van der Waals surface area contributed by atoms with Crippen LogP contribution >= 0.6 is 0 Å². The minimum atomic E-state index is -4.85. The van der Waals surface area contributed by atoms with Crippen LogP contribution in [-0.4, -0.2) is 17.2 Å². The summed E-state index contributed by atoms with van der Waals surface area (Å²) in [5.74, 6) is -3.06. The largest absolute Gasteiger partial charge is 0.479 e. The molecule has 0 fully saturated rings. The summed E-state index contributed by atoms with van der Waals surface area (Å²) in [7, 11) is 0. The van der Waals surface area contributed by atoms with Crippen molar-refractivity contribution >= 4 is 5.97 Å². The Morgan fingerprint density at radius 2 is 1.73 bits per heavy atom. The third kappa shape index (κ3) is 7.28. The number of benzene rings is 1. The number of alkyl halides is 3. The first-order valence-corrected chi connectivity index (χ1v) is 7.02. The molecule has 0 heterocycles. The Hall–Kier alpha value is -1.79. The molecular weight excluding hydrogens is 304 g/mol. The number of carbonyl (C=O) groups is 1. The summed E-state index contributed by atoms with van der Waals surface area (Å²) < 4.78 is 55.0. The predicted molar refractivity (Wildman–Crippen MR) is 76.4 cm³/mol. The van der Waals surface area contributed by atoms with Gasteiger partial charge in [0.25, 0.3) is 0 Å². The molecule has 1 N–H and O–H groups in total. The fourth-order valence-corrected chi connectivity index (χ4v) is 1.27. The van der Waals surface area contributed by atoms with Gasteiger partial charge in [-0.05, 0) is 24.6 Å². The summed E-state index contributed by atoms with van der Waals surface area (Å²) >= 11 is 0. The number of rotatable bonds is 4. The van der Waals surface area contributed by atoms with E-state index in [9.17, 15) is 22.4 Å². The summed E-state index contributed by atoms with van der Waals surface area (Å²) in [4.78, 5) is 10.7. The predicted octanol–water partition coefficient (Wildman–Crippen LogP) is 5.14. The number of ether oxygens (including phenoxy) is 1. The van der Waals surface area contributed by atoms with Crippen molar-refractivity contribution < 1.29 is 32.2 Å². The van der Waals surface area contributed by atoms with Crippen LogP contribution in [0.1, 0.15) is 46.6 Å². The van der Waals surface area contributed by atoms with E-state index < -0.39 is 29.6 Å². The summed E-state index contributed by atoms with van der Waals surface area (Å²) in [5, 5.41) is 8.70. The average Bonchev–Trinajstić information content (AvgIpc) is 2.49. The van der Waals surface area contributed by atoms with E-state index in [1.807, 2.05) is 27.7 Å². The quantitative estimate of drug-likeness (QED) is 0.779. The zero-order chi connectivity index (χ0) is 17.9. The monoisotopic (exact) mass is 326 g/mol. The molecule has 1 rings (SSSR count). The molecule has 0 aliphatic heterocycles. The molecule has 0 aliphatic carbocycles. The molecular formula is C15H22F4O3. The van der Waals surface area contributed by atoms with Gasteiger partial charge >= 0.3 is 12.1 Å². The van der Waals surface area contributed by atoms with Gasteiger partial charge in [0.1, 0.15) is 11.6 Å². The van der Waals surface area contributed by atoms with E-state index in [4.69, 9.17) is 9.84 Å². The van der Waals surface area contributed by atoms with E-state index in [2.05, 4.69) is 0 Å². The number of hydrogen-bond donors (Lipinski definition) is 1. The third-order valence-corrected chi connectivity index (χ3v) is 2.17. The van der Waals surface area contributed by atoms with Crippen LogP contribution in [0, 0.1) is 5.82 Å². The van der Waals surface area contributed by atoms with Gasteiger partial charge in [0, 0.05) is 0 Å². The molecule has 1 unspecified atom stereocenters. The number of aliphatic carboxylic acids is 1. The highest BCUT2D eigenvalue weighted by atomic mass is 19.4. The second kappa shape index (κ2) is 10.9. The lowest BCUT2D eigenvalue weighted by Crippen LogP contribution is -2.26. The molecule has 0 aromatic heterocycles. The zero-order valence-corrected chi connectivity index (χ0v) is 13.3. The lowest BCUT2D eigenvalue weighted by molar-refractivity contribution is -0.145. The molecule has 128 valence electrons. The van der Waals surface area contributed by atoms with Crippen LogP contribution in [-0.2, 0) is 11.0 Å². The van der Waals surface area contributed by atoms with Gasteiger partial charge in [0.2, 0.25) is 0 Å². The van der Waals surface area contributed by atoms with Gasteiger partial charge in [-0.25, -0.2) is 9.18 Å². The molecule has 0 amide bonds. The van der Waals surface area contributed by atoms with Gasteiger partial charge in [-0.15, -0.1) is 0 Å². The molecule has 0 aliphatic rings. The minimum absolute atomic E-state index is 0.0774. The van der Waals surface area contributed by atoms with Crippen LogP contribution < -0.4 is 4.74 Å². The molecule has 3 nitrogen and oxygen atoms in total. The molecule has 0 radical (unpaired) electrons. The maximum absolute atomic E-state index is 13.0. The number of carboxylic acids is 1. The average molecular weight is 326 g/mol. The van der Waals surface area contributed by atoms with Crippen molar-refractivity contribution in [1.82, 2.24) is 0 Å². The molecule has 0 bridgehead atoms. The Balaban J connectivity index is 0. The highest BCUT2D eigenvalue weighted by molar-refractivity contribution is 5.72. The zero-order valence-electron chi connectivity index (χ0n) is 13.3. The normalized spacial score (nSPS) is 11.3. The van der Waals surface area contributed by atoms with E-state index in [1.54, 1.807) is 0 Å². The van der Waals surface area contributed by atoms with E-state index in [0.717, 1.165) is 6.07 Å². The van der Waals surface area contributed by atoms with Crippen molar-refractivity contribution in [3.8, 4) is 5.75 Å². The van der Waals surface area contributed by atoms with Crippen molar-refractivity contribution in [2.24, 2.45) is 0 Å². The third-order valence-electron chi connectivity index (χ3n) is 2.17. The highest BCUT2D eigenvalue weighted by Crippen LogP contribution is 2.33. The fourth-order valence-electron chi connectivity index (χ4n) is 1.27. The lowest BCUT2D eigenvalue weighted by atomic mass is 10.2. The van der Waals surface area contributed by atoms with Crippen molar-refractivity contribution in [3.05, 3.63) is 29.6 Å². The van der Waals surface area contributed by atoms with E-state index >= 15 is 0 Å². The summed E-state index contributed by atoms with van der Waals surface area (Å²) in [6.45, 7) is 9.51. The van der Waals surface area contributed by atoms with Gasteiger partial charge in [-0.1, -0.05) is 34.6 Å². The van der Waals surface area contributed by atoms with Gasteiger partial charge in [-0.3, -0.25) is 0 Å². The van der Waals surface area contributed by atoms with Gasteiger partial charge in [-0.2, -0.15) is 13.2 Å². The van der Waals surface area contributed by atoms with Crippen LogP contribution in [0.3, 0.4) is 0 Å². The molecule has 1 aromatic rings. The van der Waals surface area contributed by atoms with Gasteiger partial charge in [0.05, 0.1) is 5.56 Å². The SMILES string of the molecule is CC.CC.CCC(Oc1ccc(F)c(C(F)(F)F)c1)C(=O)O.